The minimum atomic E-state index is -0.338. The molecular weight excluding hydrogens is 254 g/mol. The molecule has 1 nitrogen and oxygen atoms in total. The molecule has 21 heavy (non-hydrogen) atoms. The summed E-state index contributed by atoms with van der Waals surface area (Å²) in [6.07, 6.45) is 4.61. The number of nitrogens with two attached hydrogens (primary N) is 1. The Hall–Kier alpha value is -1.60. The summed E-state index contributed by atoms with van der Waals surface area (Å²) in [7, 11) is 0. The smallest absolute Gasteiger partial charge is 0.0670 e. The van der Waals surface area contributed by atoms with E-state index in [0.29, 0.717) is 0 Å². The lowest BCUT2D eigenvalue weighted by molar-refractivity contribution is 0.477. The van der Waals surface area contributed by atoms with Crippen LogP contribution in [0.4, 0.5) is 0 Å². The van der Waals surface area contributed by atoms with E-state index < -0.39 is 0 Å². The van der Waals surface area contributed by atoms with Gasteiger partial charge < -0.3 is 5.73 Å². The van der Waals surface area contributed by atoms with Gasteiger partial charge in [-0.15, -0.1) is 0 Å². The molecule has 2 N–H and O–H groups in total. The number of fused-ring (bicyclic) bond motifs is 1. The van der Waals surface area contributed by atoms with Crippen molar-refractivity contribution in [3.05, 3.63) is 69.8 Å². The second-order valence-corrected chi connectivity index (χ2v) is 6.59. The van der Waals surface area contributed by atoms with Crippen LogP contribution in [-0.2, 0) is 12.0 Å². The van der Waals surface area contributed by atoms with Crippen molar-refractivity contribution in [1.29, 1.82) is 0 Å². The van der Waals surface area contributed by atoms with Crippen LogP contribution < -0.4 is 5.73 Å². The summed E-state index contributed by atoms with van der Waals surface area (Å²) < 4.78 is 0. The Morgan fingerprint density at radius 2 is 1.57 bits per heavy atom. The van der Waals surface area contributed by atoms with Gasteiger partial charge >= 0.3 is 0 Å². The van der Waals surface area contributed by atoms with Crippen molar-refractivity contribution >= 4 is 0 Å². The fourth-order valence-corrected chi connectivity index (χ4v) is 3.75. The van der Waals surface area contributed by atoms with Crippen molar-refractivity contribution in [2.24, 2.45) is 5.73 Å². The molecule has 0 saturated carbocycles. The third-order valence-electron chi connectivity index (χ3n) is 5.09. The van der Waals surface area contributed by atoms with E-state index in [0.717, 1.165) is 12.8 Å². The van der Waals surface area contributed by atoms with Gasteiger partial charge in [-0.25, -0.2) is 0 Å². The van der Waals surface area contributed by atoms with Gasteiger partial charge in [-0.3, -0.25) is 0 Å². The SMILES string of the molecule is Cc1cc(C)c(C2(N)CCCCc3ccccc32)cc1C. The molecule has 1 aliphatic rings. The van der Waals surface area contributed by atoms with Gasteiger partial charge in [-0.2, -0.15) is 0 Å². The summed E-state index contributed by atoms with van der Waals surface area (Å²) in [4.78, 5) is 0. The molecule has 0 bridgehead atoms. The molecule has 0 aliphatic heterocycles. The third-order valence-corrected chi connectivity index (χ3v) is 5.09. The molecule has 2 aromatic carbocycles. The van der Waals surface area contributed by atoms with Crippen molar-refractivity contribution in [1.82, 2.24) is 0 Å². The van der Waals surface area contributed by atoms with Gasteiger partial charge in [-0.1, -0.05) is 42.8 Å². The number of rotatable bonds is 1. The predicted molar refractivity (Wildman–Crippen MR) is 89.6 cm³/mol. The Morgan fingerprint density at radius 1 is 0.857 bits per heavy atom. The highest BCUT2D eigenvalue weighted by Crippen LogP contribution is 2.39. The highest BCUT2D eigenvalue weighted by atomic mass is 14.8. The largest absolute Gasteiger partial charge is 0.318 e. The first kappa shape index (κ1) is 14.3. The number of hydrogen-bond acceptors (Lipinski definition) is 1. The van der Waals surface area contributed by atoms with E-state index in [2.05, 4.69) is 57.2 Å². The van der Waals surface area contributed by atoms with Crippen molar-refractivity contribution in [3.63, 3.8) is 0 Å². The molecule has 110 valence electrons. The van der Waals surface area contributed by atoms with Crippen molar-refractivity contribution in [2.75, 3.05) is 0 Å². The van der Waals surface area contributed by atoms with E-state index >= 15 is 0 Å². The lowest BCUT2D eigenvalue weighted by Gasteiger charge is -2.33. The molecule has 0 spiro atoms. The Bertz CT molecular complexity index is 672. The Morgan fingerprint density at radius 3 is 2.38 bits per heavy atom. The maximum Gasteiger partial charge on any atom is 0.0670 e. The maximum atomic E-state index is 7.01. The summed E-state index contributed by atoms with van der Waals surface area (Å²) in [5, 5.41) is 0. The van der Waals surface area contributed by atoms with Gasteiger partial charge in [0.05, 0.1) is 5.54 Å². The molecule has 0 fully saturated rings. The standard InChI is InChI=1S/C20H25N/c1-14-12-16(3)19(13-15(14)2)20(21)11-7-6-9-17-8-4-5-10-18(17)20/h4-5,8,10,12-13H,6-7,9,11,21H2,1-3H3. The predicted octanol–water partition coefficient (Wildman–Crippen LogP) is 4.54. The van der Waals surface area contributed by atoms with Crippen molar-refractivity contribution in [3.8, 4) is 0 Å². The van der Waals surface area contributed by atoms with Gasteiger partial charge in [0, 0.05) is 0 Å². The minimum Gasteiger partial charge on any atom is -0.318 e. The molecule has 0 heterocycles. The van der Waals surface area contributed by atoms with Crippen LogP contribution in [0, 0.1) is 20.8 Å². The van der Waals surface area contributed by atoms with E-state index in [9.17, 15) is 0 Å². The second kappa shape index (κ2) is 5.31. The van der Waals surface area contributed by atoms with Crippen molar-refractivity contribution < 1.29 is 0 Å². The number of benzene rings is 2. The molecule has 2 aromatic rings. The molecular formula is C20H25N. The highest BCUT2D eigenvalue weighted by Gasteiger charge is 2.34. The summed E-state index contributed by atoms with van der Waals surface area (Å²) in [5.41, 5.74) is 14.7. The van der Waals surface area contributed by atoms with Crippen LogP contribution in [0.3, 0.4) is 0 Å². The maximum absolute atomic E-state index is 7.01. The molecule has 1 atom stereocenters. The molecule has 0 radical (unpaired) electrons. The normalized spacial score (nSPS) is 21.7. The third kappa shape index (κ3) is 2.40. The quantitative estimate of drug-likeness (QED) is 0.762. The highest BCUT2D eigenvalue weighted by molar-refractivity contribution is 5.49. The van der Waals surface area contributed by atoms with Crippen LogP contribution in [0.25, 0.3) is 0 Å². The minimum absolute atomic E-state index is 0.338. The van der Waals surface area contributed by atoms with E-state index in [4.69, 9.17) is 5.73 Å². The average molecular weight is 279 g/mol. The number of aryl methyl sites for hydroxylation is 4. The van der Waals surface area contributed by atoms with E-state index in [-0.39, 0.29) is 5.54 Å². The molecule has 1 aliphatic carbocycles. The van der Waals surface area contributed by atoms with E-state index in [1.165, 1.54) is 46.2 Å². The lowest BCUT2D eigenvalue weighted by atomic mass is 9.77. The second-order valence-electron chi connectivity index (χ2n) is 6.59. The fraction of sp³-hybridized carbons (Fsp3) is 0.400. The zero-order chi connectivity index (χ0) is 15.0. The first-order chi connectivity index (χ1) is 10.0. The fourth-order valence-electron chi connectivity index (χ4n) is 3.75. The van der Waals surface area contributed by atoms with Crippen LogP contribution in [0.2, 0.25) is 0 Å². The Balaban J connectivity index is 2.23. The van der Waals surface area contributed by atoms with E-state index in [1.807, 2.05) is 0 Å². The summed E-state index contributed by atoms with van der Waals surface area (Å²) in [5.74, 6) is 0. The molecule has 1 unspecified atom stereocenters. The van der Waals surface area contributed by atoms with Crippen LogP contribution in [0.5, 0.6) is 0 Å². The molecule has 3 rings (SSSR count). The van der Waals surface area contributed by atoms with Crippen molar-refractivity contribution in [2.45, 2.75) is 52.0 Å². The summed E-state index contributed by atoms with van der Waals surface area (Å²) in [6.45, 7) is 6.56. The molecule has 0 amide bonds. The first-order valence-corrected chi connectivity index (χ1v) is 7.98. The van der Waals surface area contributed by atoms with E-state index in [1.54, 1.807) is 0 Å². The zero-order valence-corrected chi connectivity index (χ0v) is 13.4. The molecule has 1 heteroatoms. The van der Waals surface area contributed by atoms with Gasteiger partial charge in [0.1, 0.15) is 0 Å². The topological polar surface area (TPSA) is 26.0 Å². The van der Waals surface area contributed by atoms with Crippen LogP contribution in [-0.4, -0.2) is 0 Å². The Kier molecular flexibility index (Phi) is 3.62. The van der Waals surface area contributed by atoms with Crippen LogP contribution >= 0.6 is 0 Å². The summed E-state index contributed by atoms with van der Waals surface area (Å²) in [6, 6.07) is 13.3. The van der Waals surface area contributed by atoms with Gasteiger partial charge in [-0.05, 0) is 73.4 Å². The monoisotopic (exact) mass is 279 g/mol. The van der Waals surface area contributed by atoms with Gasteiger partial charge in [0.2, 0.25) is 0 Å². The zero-order valence-electron chi connectivity index (χ0n) is 13.4. The van der Waals surface area contributed by atoms with Gasteiger partial charge in [0.15, 0.2) is 0 Å². The Labute approximate surface area is 128 Å². The van der Waals surface area contributed by atoms with Crippen LogP contribution in [0.15, 0.2) is 36.4 Å². The number of hydrogen-bond donors (Lipinski definition) is 1. The molecule has 0 aromatic heterocycles. The average Bonchev–Trinajstić information content (AvgIpc) is 2.64. The lowest BCUT2D eigenvalue weighted by Crippen LogP contribution is -2.39. The van der Waals surface area contributed by atoms with Gasteiger partial charge in [0.25, 0.3) is 0 Å². The van der Waals surface area contributed by atoms with Crippen LogP contribution in [0.1, 0.15) is 52.6 Å². The summed E-state index contributed by atoms with van der Waals surface area (Å²) >= 11 is 0. The molecule has 0 saturated heterocycles. The first-order valence-electron chi connectivity index (χ1n) is 7.98.